The number of rotatable bonds is 10. The van der Waals surface area contributed by atoms with Crippen molar-refractivity contribution in [2.24, 2.45) is 11.8 Å². The summed E-state index contributed by atoms with van der Waals surface area (Å²) in [6.07, 6.45) is -0.636. The van der Waals surface area contributed by atoms with Crippen molar-refractivity contribution in [1.82, 2.24) is 35.1 Å². The lowest BCUT2D eigenvalue weighted by atomic mass is 9.94. The van der Waals surface area contributed by atoms with Crippen molar-refractivity contribution >= 4 is 67.6 Å². The first-order chi connectivity index (χ1) is 29.4. The van der Waals surface area contributed by atoms with Crippen LogP contribution in [-0.2, 0) is 30.6 Å². The normalized spacial score (nSPS) is 26.1. The summed E-state index contributed by atoms with van der Waals surface area (Å²) in [7, 11) is -2.57. The lowest BCUT2D eigenvalue weighted by Gasteiger charge is -2.31. The summed E-state index contributed by atoms with van der Waals surface area (Å²) >= 11 is 7.43. The summed E-state index contributed by atoms with van der Waals surface area (Å²) in [5.74, 6) is -2.09. The number of alkyl halides is 3. The number of aromatic nitrogens is 2. The zero-order valence-electron chi connectivity index (χ0n) is 34.8. The van der Waals surface area contributed by atoms with E-state index >= 15 is 0 Å². The minimum Gasteiger partial charge on any atom is -0.495 e. The van der Waals surface area contributed by atoms with Gasteiger partial charge in [-0.3, -0.25) is 19.1 Å². The molecule has 0 bridgehead atoms. The van der Waals surface area contributed by atoms with E-state index in [-0.39, 0.29) is 70.4 Å². The van der Waals surface area contributed by atoms with Gasteiger partial charge in [-0.2, -0.15) is 13.2 Å². The molecule has 2 aliphatic carbocycles. The largest absolute Gasteiger partial charge is 0.495 e. The van der Waals surface area contributed by atoms with Crippen LogP contribution in [0.2, 0.25) is 5.02 Å². The Morgan fingerprint density at radius 2 is 1.77 bits per heavy atom. The number of methoxy groups -OCH3 is 1. The highest BCUT2D eigenvalue weighted by atomic mass is 35.5. The number of hydrogen-bond donors (Lipinski definition) is 3. The average molecular weight is 926 g/mol. The zero-order valence-corrected chi connectivity index (χ0v) is 37.2. The lowest BCUT2D eigenvalue weighted by molar-refractivity contribution is -0.141. The zero-order chi connectivity index (χ0) is 44.7. The van der Waals surface area contributed by atoms with Gasteiger partial charge in [-0.1, -0.05) is 50.6 Å². The van der Waals surface area contributed by atoms with E-state index in [4.69, 9.17) is 21.1 Å². The summed E-state index contributed by atoms with van der Waals surface area (Å²) in [5, 5.41) is 6.36. The number of sulfonamides is 1. The summed E-state index contributed by atoms with van der Waals surface area (Å²) in [6, 6.07) is 1.90. The number of ether oxygens (including phenoxy) is 2. The molecule has 0 spiro atoms. The van der Waals surface area contributed by atoms with E-state index in [0.29, 0.717) is 37.7 Å². The predicted molar refractivity (Wildman–Crippen MR) is 225 cm³/mol. The van der Waals surface area contributed by atoms with Gasteiger partial charge in [-0.25, -0.2) is 23.2 Å². The molecule has 0 radical (unpaired) electrons. The van der Waals surface area contributed by atoms with Crippen molar-refractivity contribution in [2.75, 3.05) is 26.7 Å². The van der Waals surface area contributed by atoms with Crippen LogP contribution >= 0.6 is 22.9 Å². The maximum Gasteiger partial charge on any atom is 0.434 e. The van der Waals surface area contributed by atoms with Gasteiger partial charge in [0, 0.05) is 36.3 Å². The molecular weight excluding hydrogens is 875 g/mol. The lowest BCUT2D eigenvalue weighted by Crippen LogP contribution is -2.59. The van der Waals surface area contributed by atoms with Crippen molar-refractivity contribution in [3.8, 4) is 22.2 Å². The molecule has 3 N–H and O–H groups in total. The van der Waals surface area contributed by atoms with Crippen LogP contribution in [0.4, 0.5) is 18.0 Å². The number of benzene rings is 1. The molecule has 4 aliphatic rings. The number of nitrogens with zero attached hydrogens (tertiary/aromatic N) is 4. The molecule has 6 atom stereocenters. The number of pyridine rings is 1. The van der Waals surface area contributed by atoms with E-state index in [2.05, 4.69) is 25.3 Å². The van der Waals surface area contributed by atoms with Gasteiger partial charge in [0.1, 0.15) is 50.9 Å². The maximum atomic E-state index is 14.8. The van der Waals surface area contributed by atoms with Crippen LogP contribution in [0.1, 0.15) is 90.7 Å². The molecular formula is C41H51ClF3N7O8S2. The van der Waals surface area contributed by atoms with E-state index in [1.807, 2.05) is 20.8 Å². The maximum absolute atomic E-state index is 14.8. The van der Waals surface area contributed by atoms with Crippen LogP contribution < -0.4 is 24.8 Å². The van der Waals surface area contributed by atoms with E-state index in [9.17, 15) is 40.8 Å². The van der Waals surface area contributed by atoms with Gasteiger partial charge in [0.15, 0.2) is 5.69 Å². The van der Waals surface area contributed by atoms with Crippen molar-refractivity contribution in [3.05, 3.63) is 34.3 Å². The molecule has 2 saturated heterocycles. The minimum absolute atomic E-state index is 0.0204. The minimum atomic E-state index is -4.70. The van der Waals surface area contributed by atoms with E-state index in [1.165, 1.54) is 18.1 Å². The summed E-state index contributed by atoms with van der Waals surface area (Å²) < 4.78 is 81.1. The number of thiazole rings is 1. The molecule has 62 heavy (non-hydrogen) atoms. The fourth-order valence-corrected chi connectivity index (χ4v) is 11.1. The van der Waals surface area contributed by atoms with Gasteiger partial charge in [-0.05, 0) is 63.5 Å². The molecule has 338 valence electrons. The Balaban J connectivity index is 1.26. The molecule has 3 aromatic rings. The quantitative estimate of drug-likeness (QED) is 0.209. The Bertz CT molecular complexity index is 2330. The Morgan fingerprint density at radius 3 is 2.42 bits per heavy atom. The predicted octanol–water partition coefficient (Wildman–Crippen LogP) is 6.28. The first kappa shape index (κ1) is 45.6. The SMILES string of the molecule is CCN(CC)C(=O)NC1CCCCCCC(C)C2CC2(C(=O)NS(=O)(=O)C2CC2)NC(=O)C2CC(Oc3cc(-c4nc(C(F)(F)F)cs4)nc4c(Cl)c(OC)ccc34)CN2C1=O. The van der Waals surface area contributed by atoms with E-state index < -0.39 is 74.6 Å². The number of halogens is 4. The van der Waals surface area contributed by atoms with Crippen LogP contribution in [0.25, 0.3) is 21.6 Å². The summed E-state index contributed by atoms with van der Waals surface area (Å²) in [4.78, 5) is 68.1. The number of amides is 5. The van der Waals surface area contributed by atoms with Gasteiger partial charge in [0.25, 0.3) is 5.91 Å². The average Bonchev–Trinajstić information content (AvgIpc) is 4.11. The second-order valence-corrected chi connectivity index (χ2v) is 19.8. The molecule has 6 unspecified atom stereocenters. The Hall–Kier alpha value is -4.43. The van der Waals surface area contributed by atoms with Crippen molar-refractivity contribution in [2.45, 2.75) is 120 Å². The molecule has 4 heterocycles. The second-order valence-electron chi connectivity index (χ2n) is 16.6. The molecule has 2 aliphatic heterocycles. The Morgan fingerprint density at radius 1 is 1.06 bits per heavy atom. The Kier molecular flexibility index (Phi) is 13.2. The van der Waals surface area contributed by atoms with Crippen LogP contribution in [0, 0.1) is 11.8 Å². The molecule has 1 aromatic carbocycles. The number of fused-ring (bicyclic) bond motifs is 3. The highest BCUT2D eigenvalue weighted by molar-refractivity contribution is 7.91. The van der Waals surface area contributed by atoms with Crippen LogP contribution in [0.15, 0.2) is 23.6 Å². The van der Waals surface area contributed by atoms with Gasteiger partial charge in [0.2, 0.25) is 21.8 Å². The fourth-order valence-electron chi connectivity index (χ4n) is 8.65. The van der Waals surface area contributed by atoms with E-state index in [1.54, 1.807) is 17.0 Å². The fraction of sp³-hybridized carbons (Fsp3) is 0.610. The second kappa shape index (κ2) is 18.0. The number of carbonyl (C=O) groups excluding carboxylic acids is 4. The molecule has 2 aromatic heterocycles. The van der Waals surface area contributed by atoms with Crippen molar-refractivity contribution in [3.63, 3.8) is 0 Å². The molecule has 5 amide bonds. The topological polar surface area (TPSA) is 189 Å². The number of nitrogens with one attached hydrogen (secondary N) is 3. The smallest absolute Gasteiger partial charge is 0.434 e. The van der Waals surface area contributed by atoms with Crippen LogP contribution in [0.5, 0.6) is 11.5 Å². The summed E-state index contributed by atoms with van der Waals surface area (Å²) in [6.45, 7) is 6.24. The third kappa shape index (κ3) is 9.42. The standard InChI is InChI=1S/C41H51ClF3N7O8S2/c1-5-51(6-2)39(56)47-27-12-10-8-7-9-11-22(3)26-19-40(26,38(55)50-62(57,58)24-13-14-24)49-35(53)29-17-23(20-52(29)37(27)54)60-31-18-28(36-48-32(21-61-36)41(43,44)45)46-34-25(31)15-16-30(59-4)33(34)42/h15-16,18,21-24,26-27,29H,5-14,17,19-20H2,1-4H3,(H,47,56)(H,49,53)(H,50,55). The first-order valence-corrected chi connectivity index (χ1v) is 23.8. The monoisotopic (exact) mass is 925 g/mol. The highest BCUT2D eigenvalue weighted by Crippen LogP contribution is 2.51. The molecule has 15 nitrogen and oxygen atoms in total. The Labute approximate surface area is 366 Å². The van der Waals surface area contributed by atoms with Gasteiger partial charge in [0.05, 0.1) is 24.4 Å². The van der Waals surface area contributed by atoms with Gasteiger partial charge in [-0.15, -0.1) is 11.3 Å². The number of urea groups is 1. The first-order valence-electron chi connectivity index (χ1n) is 21.0. The molecule has 4 fully saturated rings. The third-order valence-electron chi connectivity index (χ3n) is 12.4. The van der Waals surface area contributed by atoms with Crippen LogP contribution in [0.3, 0.4) is 0 Å². The van der Waals surface area contributed by atoms with Crippen LogP contribution in [-0.4, -0.2) is 108 Å². The number of carbonyl (C=O) groups is 4. The molecule has 7 rings (SSSR count). The highest BCUT2D eigenvalue weighted by Gasteiger charge is 2.64. The van der Waals surface area contributed by atoms with Gasteiger partial charge >= 0.3 is 12.2 Å². The third-order valence-corrected chi connectivity index (χ3v) is 15.5. The van der Waals surface area contributed by atoms with Gasteiger partial charge < -0.3 is 29.9 Å². The van der Waals surface area contributed by atoms with Crippen molar-refractivity contribution in [1.29, 1.82) is 0 Å². The van der Waals surface area contributed by atoms with E-state index in [0.717, 1.165) is 42.4 Å². The molecule has 2 saturated carbocycles. The summed E-state index contributed by atoms with van der Waals surface area (Å²) in [5.41, 5.74) is -2.48. The van der Waals surface area contributed by atoms with Crippen molar-refractivity contribution < 1.29 is 50.2 Å². The molecule has 21 heteroatoms. The number of hydrogen-bond acceptors (Lipinski definition) is 11.